The third-order valence-corrected chi connectivity index (χ3v) is 14.7. The second-order valence-electron chi connectivity index (χ2n) is 22.7. The molecule has 6 nitrogen and oxygen atoms in total. The number of carbonyl (C=O) groups is 3. The number of ether oxygens (including phenoxy) is 3. The van der Waals surface area contributed by atoms with Crippen LogP contribution in [0.4, 0.5) is 0 Å². The topological polar surface area (TPSA) is 78.9 Å². The summed E-state index contributed by atoms with van der Waals surface area (Å²) in [6, 6.07) is 0. The molecule has 0 N–H and O–H groups in total. The van der Waals surface area contributed by atoms with Crippen molar-refractivity contribution in [1.29, 1.82) is 0 Å². The van der Waals surface area contributed by atoms with Crippen LogP contribution in [0.15, 0.2) is 122 Å². The van der Waals surface area contributed by atoms with Gasteiger partial charge in [-0.3, -0.25) is 14.4 Å². The molecule has 0 aliphatic rings. The van der Waals surface area contributed by atoms with E-state index in [2.05, 4.69) is 142 Å². The summed E-state index contributed by atoms with van der Waals surface area (Å²) in [5.74, 6) is -0.901. The van der Waals surface area contributed by atoms with Gasteiger partial charge in [0.25, 0.3) is 0 Å². The number of carbonyl (C=O) groups excluding carboxylic acids is 3. The molecule has 0 fully saturated rings. The lowest BCUT2D eigenvalue weighted by Crippen LogP contribution is -2.30. The fraction of sp³-hybridized carbons (Fsp3) is 0.697. The van der Waals surface area contributed by atoms with Gasteiger partial charge in [-0.25, -0.2) is 0 Å². The Balaban J connectivity index is 4.39. The first kappa shape index (κ1) is 77.8. The lowest BCUT2D eigenvalue weighted by Gasteiger charge is -2.18. The monoisotopic (exact) mass is 1140 g/mol. The average Bonchev–Trinajstić information content (AvgIpc) is 3.47. The van der Waals surface area contributed by atoms with Gasteiger partial charge < -0.3 is 14.2 Å². The summed E-state index contributed by atoms with van der Waals surface area (Å²) >= 11 is 0. The molecule has 1 unspecified atom stereocenters. The van der Waals surface area contributed by atoms with Gasteiger partial charge in [0.2, 0.25) is 0 Å². The first-order valence-electron chi connectivity index (χ1n) is 34.5. The van der Waals surface area contributed by atoms with Crippen molar-refractivity contribution in [3.05, 3.63) is 122 Å². The lowest BCUT2D eigenvalue weighted by atomic mass is 10.1. The number of rotatable bonds is 62. The minimum absolute atomic E-state index is 0.0882. The van der Waals surface area contributed by atoms with E-state index in [0.29, 0.717) is 19.3 Å². The van der Waals surface area contributed by atoms with E-state index in [1.807, 2.05) is 0 Å². The van der Waals surface area contributed by atoms with Crippen LogP contribution in [0.5, 0.6) is 0 Å². The summed E-state index contributed by atoms with van der Waals surface area (Å²) in [4.78, 5) is 38.4. The molecule has 468 valence electrons. The van der Waals surface area contributed by atoms with Crippen molar-refractivity contribution < 1.29 is 28.6 Å². The van der Waals surface area contributed by atoms with Crippen LogP contribution in [0, 0.1) is 0 Å². The summed E-state index contributed by atoms with van der Waals surface area (Å²) in [5, 5.41) is 0. The molecule has 0 amide bonds. The molecule has 1 atom stereocenters. The number of hydrogen-bond acceptors (Lipinski definition) is 6. The maximum atomic E-state index is 12.9. The molecule has 6 heteroatoms. The van der Waals surface area contributed by atoms with Crippen molar-refractivity contribution in [1.82, 2.24) is 0 Å². The molecule has 0 aromatic rings. The van der Waals surface area contributed by atoms with Crippen LogP contribution < -0.4 is 0 Å². The fourth-order valence-corrected chi connectivity index (χ4v) is 9.51. The maximum absolute atomic E-state index is 12.9. The Morgan fingerprint density at radius 2 is 0.476 bits per heavy atom. The molecule has 0 aromatic carbocycles. The third kappa shape index (κ3) is 66.6. The predicted octanol–water partition coefficient (Wildman–Crippen LogP) is 23.9. The molecule has 0 bridgehead atoms. The van der Waals surface area contributed by atoms with Gasteiger partial charge in [0.05, 0.1) is 0 Å². The quantitative estimate of drug-likeness (QED) is 0.0261. The minimum atomic E-state index is -0.793. The number of unbranched alkanes of at least 4 members (excludes halogenated alkanes) is 31. The van der Waals surface area contributed by atoms with Crippen LogP contribution in [0.1, 0.15) is 323 Å². The van der Waals surface area contributed by atoms with E-state index in [0.717, 1.165) is 122 Å². The van der Waals surface area contributed by atoms with E-state index in [4.69, 9.17) is 14.2 Å². The number of allylic oxidation sites excluding steroid dienone is 20. The van der Waals surface area contributed by atoms with Crippen molar-refractivity contribution in [3.63, 3.8) is 0 Å². The Morgan fingerprint density at radius 3 is 0.780 bits per heavy atom. The first-order valence-corrected chi connectivity index (χ1v) is 34.5. The highest BCUT2D eigenvalue weighted by Crippen LogP contribution is 2.16. The Kier molecular flexibility index (Phi) is 65.8. The highest BCUT2D eigenvalue weighted by atomic mass is 16.6. The molecule has 0 aliphatic heterocycles. The van der Waals surface area contributed by atoms with Crippen LogP contribution >= 0.6 is 0 Å². The summed E-state index contributed by atoms with van der Waals surface area (Å²) in [5.41, 5.74) is 0. The van der Waals surface area contributed by atoms with Gasteiger partial charge in [0.1, 0.15) is 13.2 Å². The molecule has 0 heterocycles. The van der Waals surface area contributed by atoms with Gasteiger partial charge in [-0.15, -0.1) is 0 Å². The van der Waals surface area contributed by atoms with Crippen LogP contribution in [-0.4, -0.2) is 37.2 Å². The Bertz CT molecular complexity index is 1690. The number of hydrogen-bond donors (Lipinski definition) is 0. The van der Waals surface area contributed by atoms with Crippen molar-refractivity contribution in [2.45, 2.75) is 329 Å². The highest BCUT2D eigenvalue weighted by Gasteiger charge is 2.19. The summed E-state index contributed by atoms with van der Waals surface area (Å²) in [7, 11) is 0. The van der Waals surface area contributed by atoms with Gasteiger partial charge in [-0.2, -0.15) is 0 Å². The molecule has 0 aliphatic carbocycles. The van der Waals surface area contributed by atoms with Crippen LogP contribution in [0.2, 0.25) is 0 Å². The molecule has 0 saturated heterocycles. The SMILES string of the molecule is CC/C=C\C/C=C\C/C=C\C/C=C\C/C=C\C/C=C\C/C=C\CCCCCCCCCC(=O)OCC(COC(=O)CCCCCCCCC/C=C\C/C=C\CCCCC)OC(=O)CCCCCCCCC/C=C\CCCCCCCCC. The second-order valence-corrected chi connectivity index (χ2v) is 22.7. The predicted molar refractivity (Wildman–Crippen MR) is 357 cm³/mol. The summed E-state index contributed by atoms with van der Waals surface area (Å²) in [6.07, 6.45) is 96.3. The molecular weight excluding hydrogens is 1010 g/mol. The van der Waals surface area contributed by atoms with Crippen LogP contribution in [0.3, 0.4) is 0 Å². The first-order chi connectivity index (χ1) is 40.5. The standard InChI is InChI=1S/C76H128O6/c1-4-7-10-13-16-19-22-25-28-31-33-34-35-36-37-38-39-40-41-42-43-46-48-51-54-57-60-63-66-69-75(78)81-72-73(71-80-74(77)68-65-62-59-56-53-50-47-44-30-27-24-21-18-15-12-9-6-3)82-76(79)70-67-64-61-58-55-52-49-45-32-29-26-23-20-17-14-11-8-5-2/h7,10,16,18-19,21,25,27-30,32-34,36-37,39-40,42-43,73H,4-6,8-9,11-15,17,20,22-24,26,31,35,38,41,44-72H2,1-3H3/b10-7-,19-16-,21-18-,28-25-,30-27-,32-29-,34-33-,37-36-,40-39-,43-42-. The zero-order valence-electron chi connectivity index (χ0n) is 53.7. The molecule has 82 heavy (non-hydrogen) atoms. The molecule has 0 saturated carbocycles. The van der Waals surface area contributed by atoms with Crippen molar-refractivity contribution in [2.24, 2.45) is 0 Å². The fourth-order valence-electron chi connectivity index (χ4n) is 9.51. The number of esters is 3. The van der Waals surface area contributed by atoms with E-state index in [1.165, 1.54) is 161 Å². The zero-order valence-corrected chi connectivity index (χ0v) is 53.7. The van der Waals surface area contributed by atoms with Crippen LogP contribution in [-0.2, 0) is 28.6 Å². The molecule has 0 rings (SSSR count). The lowest BCUT2D eigenvalue weighted by molar-refractivity contribution is -0.167. The third-order valence-electron chi connectivity index (χ3n) is 14.7. The van der Waals surface area contributed by atoms with Crippen LogP contribution in [0.25, 0.3) is 0 Å². The minimum Gasteiger partial charge on any atom is -0.462 e. The molecule has 0 spiro atoms. The zero-order chi connectivity index (χ0) is 59.2. The van der Waals surface area contributed by atoms with Crippen molar-refractivity contribution >= 4 is 17.9 Å². The molecule has 0 aromatic heterocycles. The normalized spacial score (nSPS) is 12.9. The van der Waals surface area contributed by atoms with E-state index in [-0.39, 0.29) is 31.1 Å². The largest absolute Gasteiger partial charge is 0.462 e. The van der Waals surface area contributed by atoms with Gasteiger partial charge in [-0.05, 0) is 135 Å². The van der Waals surface area contributed by atoms with E-state index < -0.39 is 6.10 Å². The average molecular weight is 1140 g/mol. The van der Waals surface area contributed by atoms with Gasteiger partial charge >= 0.3 is 17.9 Å². The van der Waals surface area contributed by atoms with E-state index >= 15 is 0 Å². The van der Waals surface area contributed by atoms with E-state index in [9.17, 15) is 14.4 Å². The van der Waals surface area contributed by atoms with Gasteiger partial charge in [0.15, 0.2) is 6.10 Å². The smallest absolute Gasteiger partial charge is 0.306 e. The summed E-state index contributed by atoms with van der Waals surface area (Å²) < 4.78 is 17.0. The molecular formula is C76H128O6. The van der Waals surface area contributed by atoms with Crippen molar-refractivity contribution in [2.75, 3.05) is 13.2 Å². The maximum Gasteiger partial charge on any atom is 0.306 e. The second kappa shape index (κ2) is 69.3. The Labute approximate surface area is 507 Å². The van der Waals surface area contributed by atoms with E-state index in [1.54, 1.807) is 0 Å². The summed E-state index contributed by atoms with van der Waals surface area (Å²) in [6.45, 7) is 6.51. The highest BCUT2D eigenvalue weighted by molar-refractivity contribution is 5.71. The van der Waals surface area contributed by atoms with Gasteiger partial charge in [-0.1, -0.05) is 290 Å². The van der Waals surface area contributed by atoms with Crippen molar-refractivity contribution in [3.8, 4) is 0 Å². The molecule has 0 radical (unpaired) electrons. The Morgan fingerprint density at radius 1 is 0.256 bits per heavy atom. The Hall–Kier alpha value is -4.19. The van der Waals surface area contributed by atoms with Gasteiger partial charge in [0, 0.05) is 19.3 Å².